The van der Waals surface area contributed by atoms with Crippen LogP contribution in [0.1, 0.15) is 73.6 Å². The lowest BCUT2D eigenvalue weighted by atomic mass is 9.84. The van der Waals surface area contributed by atoms with Gasteiger partial charge in [-0.2, -0.15) is 0 Å². The molecule has 33 heavy (non-hydrogen) atoms. The van der Waals surface area contributed by atoms with E-state index >= 15 is 0 Å². The van der Waals surface area contributed by atoms with Gasteiger partial charge in [-0.25, -0.2) is 0 Å². The van der Waals surface area contributed by atoms with Crippen molar-refractivity contribution in [1.29, 1.82) is 5.41 Å². The monoisotopic (exact) mass is 448 g/mol. The molecule has 0 bridgehead atoms. The Balaban J connectivity index is 1.32. The van der Waals surface area contributed by atoms with Gasteiger partial charge in [-0.3, -0.25) is 15.0 Å². The van der Waals surface area contributed by atoms with Crippen LogP contribution in [0, 0.1) is 49.9 Å². The van der Waals surface area contributed by atoms with E-state index < -0.39 is 0 Å². The van der Waals surface area contributed by atoms with E-state index in [9.17, 15) is 9.59 Å². The maximum Gasteiger partial charge on any atom is 0.314 e. The number of aryl methyl sites for hydroxylation is 3. The van der Waals surface area contributed by atoms with Gasteiger partial charge >= 0.3 is 5.97 Å². The van der Waals surface area contributed by atoms with Crippen LogP contribution in [-0.2, 0) is 14.3 Å². The van der Waals surface area contributed by atoms with Crippen LogP contribution >= 0.6 is 0 Å². The highest BCUT2D eigenvalue weighted by molar-refractivity contribution is 6.25. The van der Waals surface area contributed by atoms with Crippen LogP contribution in [0.4, 0.5) is 0 Å². The molecule has 0 amide bonds. The third-order valence-corrected chi connectivity index (χ3v) is 7.93. The first-order chi connectivity index (χ1) is 15.8. The summed E-state index contributed by atoms with van der Waals surface area (Å²) in [7, 11) is 0. The van der Waals surface area contributed by atoms with Crippen molar-refractivity contribution in [2.24, 2.45) is 23.7 Å². The van der Waals surface area contributed by atoms with E-state index in [0.29, 0.717) is 29.6 Å². The van der Waals surface area contributed by atoms with E-state index in [1.54, 1.807) is 0 Å². The summed E-state index contributed by atoms with van der Waals surface area (Å²) in [5, 5.41) is 8.35. The normalized spacial score (nSPS) is 23.9. The molecule has 1 heterocycles. The van der Waals surface area contributed by atoms with Crippen LogP contribution in [-0.4, -0.2) is 35.6 Å². The number of ketones is 1. The van der Waals surface area contributed by atoms with E-state index in [0.717, 1.165) is 67.7 Å². The molecule has 1 aromatic carbocycles. The van der Waals surface area contributed by atoms with E-state index in [1.807, 2.05) is 13.8 Å². The molecule has 1 saturated heterocycles. The summed E-state index contributed by atoms with van der Waals surface area (Å²) in [4.78, 5) is 28.5. The van der Waals surface area contributed by atoms with Gasteiger partial charge in [-0.1, -0.05) is 17.7 Å². The van der Waals surface area contributed by atoms with Crippen molar-refractivity contribution < 1.29 is 14.3 Å². The maximum absolute atomic E-state index is 13.7. The Kier molecular flexibility index (Phi) is 5.92. The lowest BCUT2D eigenvalue weighted by Gasteiger charge is -2.34. The van der Waals surface area contributed by atoms with Crippen molar-refractivity contribution >= 4 is 23.2 Å². The van der Waals surface area contributed by atoms with Crippen LogP contribution in [0.2, 0.25) is 0 Å². The first-order valence-electron chi connectivity index (χ1n) is 12.7. The number of amidine groups is 1. The van der Waals surface area contributed by atoms with E-state index in [2.05, 4.69) is 24.0 Å². The lowest BCUT2D eigenvalue weighted by molar-refractivity contribution is -0.141. The van der Waals surface area contributed by atoms with Crippen LogP contribution < -0.4 is 0 Å². The van der Waals surface area contributed by atoms with Gasteiger partial charge in [0.25, 0.3) is 0 Å². The topological polar surface area (TPSA) is 70.5 Å². The number of esters is 1. The van der Waals surface area contributed by atoms with Crippen molar-refractivity contribution in [2.45, 2.75) is 72.1 Å². The van der Waals surface area contributed by atoms with E-state index in [4.69, 9.17) is 10.1 Å². The number of allylic oxidation sites excluding steroid dienone is 2. The van der Waals surface area contributed by atoms with Gasteiger partial charge in [0.2, 0.25) is 0 Å². The molecule has 5 nitrogen and oxygen atoms in total. The number of Topliss-reactive ketones (excluding diaryl/α,β-unsaturated/α-hetero) is 1. The minimum atomic E-state index is -0.162. The first kappa shape index (κ1) is 22.4. The Morgan fingerprint density at radius 3 is 2.18 bits per heavy atom. The van der Waals surface area contributed by atoms with Gasteiger partial charge < -0.3 is 9.64 Å². The summed E-state index contributed by atoms with van der Waals surface area (Å²) in [6, 6.07) is 4.22. The highest BCUT2D eigenvalue weighted by Gasteiger charge is 2.41. The number of benzene rings is 1. The second-order valence-corrected chi connectivity index (χ2v) is 10.9. The number of carbonyl (C=O) groups is 2. The van der Waals surface area contributed by atoms with Gasteiger partial charge in [0.1, 0.15) is 5.76 Å². The van der Waals surface area contributed by atoms with Crippen LogP contribution in [0.5, 0.6) is 0 Å². The lowest BCUT2D eigenvalue weighted by Crippen LogP contribution is -2.39. The molecule has 1 atom stereocenters. The minimum absolute atomic E-state index is 0.0132. The van der Waals surface area contributed by atoms with Crippen molar-refractivity contribution in [1.82, 2.24) is 4.90 Å². The average molecular weight is 449 g/mol. The van der Waals surface area contributed by atoms with Crippen LogP contribution in [0.25, 0.3) is 5.57 Å². The van der Waals surface area contributed by atoms with Gasteiger partial charge in [0.15, 0.2) is 5.78 Å². The van der Waals surface area contributed by atoms with Crippen LogP contribution in [0.15, 0.2) is 17.9 Å². The largest absolute Gasteiger partial charge is 0.430 e. The van der Waals surface area contributed by atoms with Crippen molar-refractivity contribution in [3.63, 3.8) is 0 Å². The predicted octanol–water partition coefficient (Wildman–Crippen LogP) is 5.35. The Labute approximate surface area is 197 Å². The van der Waals surface area contributed by atoms with E-state index in [1.165, 1.54) is 18.4 Å². The molecule has 2 saturated carbocycles. The smallest absolute Gasteiger partial charge is 0.314 e. The molecule has 1 aromatic rings. The molecule has 3 fully saturated rings. The summed E-state index contributed by atoms with van der Waals surface area (Å²) < 4.78 is 5.90. The van der Waals surface area contributed by atoms with Crippen molar-refractivity contribution in [2.75, 3.05) is 13.1 Å². The van der Waals surface area contributed by atoms with Crippen molar-refractivity contribution in [3.8, 4) is 0 Å². The molecule has 1 aliphatic heterocycles. The molecular weight excluding hydrogens is 412 g/mol. The second kappa shape index (κ2) is 8.73. The molecule has 0 spiro atoms. The fourth-order valence-corrected chi connectivity index (χ4v) is 5.83. The molecule has 5 rings (SSSR count). The number of rotatable bonds is 6. The first-order valence-corrected chi connectivity index (χ1v) is 12.7. The Bertz CT molecular complexity index is 1000. The number of hydrogen-bond donors (Lipinski definition) is 1. The zero-order chi connectivity index (χ0) is 23.3. The summed E-state index contributed by atoms with van der Waals surface area (Å²) in [6.45, 7) is 8.03. The SMILES string of the molecule is Cc1cc(C)c(C2=C(OC(=O)C3CC3)CC(CC3CCN(C(=N)C4CC4)CC3)C2=O)c(C)c1. The predicted molar refractivity (Wildman–Crippen MR) is 129 cm³/mol. The maximum atomic E-state index is 13.7. The summed E-state index contributed by atoms with van der Waals surface area (Å²) in [5.74, 6) is 2.30. The Hall–Kier alpha value is -2.43. The summed E-state index contributed by atoms with van der Waals surface area (Å²) in [5.41, 5.74) is 4.93. The van der Waals surface area contributed by atoms with Gasteiger partial charge in [0.05, 0.1) is 17.3 Å². The standard InChI is InChI=1S/C28H36N2O3/c1-16-12-17(2)24(18(3)13-16)25-23(33-28(32)21-6-7-21)15-22(26(25)31)14-19-8-10-30(11-9-19)27(29)20-4-5-20/h12-13,19-22,29H,4-11,14-15H2,1-3H3. The molecule has 1 unspecified atom stereocenters. The Morgan fingerprint density at radius 2 is 1.61 bits per heavy atom. The summed E-state index contributed by atoms with van der Waals surface area (Å²) in [6.07, 6.45) is 7.60. The second-order valence-electron chi connectivity index (χ2n) is 10.9. The quantitative estimate of drug-likeness (QED) is 0.362. The zero-order valence-corrected chi connectivity index (χ0v) is 20.2. The zero-order valence-electron chi connectivity index (χ0n) is 20.2. The number of carbonyl (C=O) groups excluding carboxylic acids is 2. The van der Waals surface area contributed by atoms with Gasteiger partial charge in [-0.15, -0.1) is 0 Å². The summed E-state index contributed by atoms with van der Waals surface area (Å²) >= 11 is 0. The minimum Gasteiger partial charge on any atom is -0.430 e. The highest BCUT2D eigenvalue weighted by atomic mass is 16.5. The molecule has 4 aliphatic rings. The number of hydrogen-bond acceptors (Lipinski definition) is 4. The average Bonchev–Trinajstić information content (AvgIpc) is 3.68. The Morgan fingerprint density at radius 1 is 1.00 bits per heavy atom. The molecular formula is C28H36N2O3. The van der Waals surface area contributed by atoms with Crippen molar-refractivity contribution in [3.05, 3.63) is 40.1 Å². The third kappa shape index (κ3) is 4.64. The molecule has 176 valence electrons. The fraction of sp³-hybridized carbons (Fsp3) is 0.607. The molecule has 0 radical (unpaired) electrons. The molecule has 5 heteroatoms. The van der Waals surface area contributed by atoms with Crippen LogP contribution in [0.3, 0.4) is 0 Å². The number of piperidine rings is 1. The molecule has 0 aromatic heterocycles. The molecule has 1 N–H and O–H groups in total. The van der Waals surface area contributed by atoms with Gasteiger partial charge in [0, 0.05) is 31.3 Å². The number of nitrogens with zero attached hydrogens (tertiary/aromatic N) is 1. The number of nitrogens with one attached hydrogen (secondary N) is 1. The third-order valence-electron chi connectivity index (χ3n) is 7.93. The van der Waals surface area contributed by atoms with E-state index in [-0.39, 0.29) is 23.6 Å². The fourth-order valence-electron chi connectivity index (χ4n) is 5.83. The van der Waals surface area contributed by atoms with Gasteiger partial charge in [-0.05, 0) is 88.3 Å². The number of likely N-dealkylation sites (tertiary alicyclic amines) is 1. The highest BCUT2D eigenvalue weighted by Crippen LogP contribution is 2.43. The molecule has 3 aliphatic carbocycles. The number of ether oxygens (including phenoxy) is 1.